The lowest BCUT2D eigenvalue weighted by Crippen LogP contribution is -2.37. The maximum absolute atomic E-state index is 13.1. The monoisotopic (exact) mass is 454 g/mol. The molecule has 1 fully saturated rings. The number of hydrogen-bond acceptors (Lipinski definition) is 5. The highest BCUT2D eigenvalue weighted by Gasteiger charge is 2.27. The summed E-state index contributed by atoms with van der Waals surface area (Å²) in [6.45, 7) is 4.10. The molecule has 0 saturated carbocycles. The number of oxime groups is 1. The molecule has 176 valence electrons. The van der Waals surface area contributed by atoms with Gasteiger partial charge in [0, 0.05) is 56.0 Å². The van der Waals surface area contributed by atoms with E-state index in [4.69, 9.17) is 0 Å². The number of fused-ring (bicyclic) bond motifs is 1. The number of carbonyl (C=O) groups is 2. The van der Waals surface area contributed by atoms with Crippen molar-refractivity contribution >= 4 is 17.4 Å². The molecule has 0 atom stereocenters. The normalized spacial score (nSPS) is 19.0. The first kappa shape index (κ1) is 23.2. The Kier molecular flexibility index (Phi) is 7.23. The van der Waals surface area contributed by atoms with E-state index in [-0.39, 0.29) is 23.4 Å². The van der Waals surface area contributed by atoms with Crippen LogP contribution in [0.25, 0.3) is 0 Å². The van der Waals surface area contributed by atoms with Gasteiger partial charge in [-0.15, -0.1) is 0 Å². The molecular formula is C25H31FN4O3. The molecule has 1 aromatic heterocycles. The van der Waals surface area contributed by atoms with Gasteiger partial charge in [-0.25, -0.2) is 4.39 Å². The third-order valence-corrected chi connectivity index (χ3v) is 6.80. The highest BCUT2D eigenvalue weighted by molar-refractivity contribution is 6.11. The molecule has 0 spiro atoms. The third kappa shape index (κ3) is 5.33. The Balaban J connectivity index is 1.23. The number of ketones is 1. The van der Waals surface area contributed by atoms with Crippen LogP contribution in [-0.4, -0.2) is 70.2 Å². The zero-order valence-electron chi connectivity index (χ0n) is 19.0. The van der Waals surface area contributed by atoms with Crippen LogP contribution in [0.1, 0.15) is 58.4 Å². The van der Waals surface area contributed by atoms with E-state index in [0.717, 1.165) is 57.4 Å². The number of halogens is 1. The van der Waals surface area contributed by atoms with Crippen LogP contribution in [0.3, 0.4) is 0 Å². The largest absolute Gasteiger partial charge is 0.411 e. The first-order valence-corrected chi connectivity index (χ1v) is 11.6. The maximum atomic E-state index is 13.1. The van der Waals surface area contributed by atoms with Crippen LogP contribution in [0.15, 0.2) is 41.8 Å². The van der Waals surface area contributed by atoms with Gasteiger partial charge >= 0.3 is 0 Å². The molecule has 33 heavy (non-hydrogen) atoms. The summed E-state index contributed by atoms with van der Waals surface area (Å²) in [5, 5.41) is 12.7. The number of aryl methyl sites for hydroxylation is 1. The lowest BCUT2D eigenvalue weighted by Gasteiger charge is -2.31. The van der Waals surface area contributed by atoms with Gasteiger partial charge in [0.05, 0.1) is 11.3 Å². The highest BCUT2D eigenvalue weighted by Crippen LogP contribution is 2.23. The van der Waals surface area contributed by atoms with E-state index >= 15 is 0 Å². The van der Waals surface area contributed by atoms with E-state index < -0.39 is 0 Å². The molecule has 1 aromatic carbocycles. The minimum Gasteiger partial charge on any atom is -0.411 e. The summed E-state index contributed by atoms with van der Waals surface area (Å²) < 4.78 is 15.1. The van der Waals surface area contributed by atoms with Crippen LogP contribution in [0.2, 0.25) is 0 Å². The number of piperidine rings is 1. The van der Waals surface area contributed by atoms with Crippen molar-refractivity contribution in [1.82, 2.24) is 14.4 Å². The Labute approximate surface area is 193 Å². The minimum atomic E-state index is -0.321. The summed E-state index contributed by atoms with van der Waals surface area (Å²) in [6, 6.07) is 5.84. The number of hydrogen-bond donors (Lipinski definition) is 1. The van der Waals surface area contributed by atoms with E-state index in [0.29, 0.717) is 29.8 Å². The van der Waals surface area contributed by atoms with E-state index in [1.54, 1.807) is 24.1 Å². The van der Waals surface area contributed by atoms with Crippen molar-refractivity contribution < 1.29 is 19.2 Å². The second kappa shape index (κ2) is 10.3. The summed E-state index contributed by atoms with van der Waals surface area (Å²) >= 11 is 0. The molecule has 3 heterocycles. The molecular weight excluding hydrogens is 423 g/mol. The third-order valence-electron chi connectivity index (χ3n) is 6.80. The zero-order chi connectivity index (χ0) is 23.4. The van der Waals surface area contributed by atoms with E-state index in [1.165, 1.54) is 12.1 Å². The Morgan fingerprint density at radius 3 is 2.42 bits per heavy atom. The van der Waals surface area contributed by atoms with Gasteiger partial charge in [-0.3, -0.25) is 9.59 Å². The smallest absolute Gasteiger partial charge is 0.255 e. The Bertz CT molecular complexity index is 1020. The van der Waals surface area contributed by atoms with Gasteiger partial charge in [0.25, 0.3) is 5.91 Å². The Morgan fingerprint density at radius 2 is 1.73 bits per heavy atom. The summed E-state index contributed by atoms with van der Waals surface area (Å²) in [6.07, 6.45) is 7.96. The maximum Gasteiger partial charge on any atom is 0.255 e. The number of amides is 1. The van der Waals surface area contributed by atoms with Crippen LogP contribution < -0.4 is 0 Å². The van der Waals surface area contributed by atoms with E-state index in [9.17, 15) is 19.2 Å². The fourth-order valence-corrected chi connectivity index (χ4v) is 4.76. The van der Waals surface area contributed by atoms with Gasteiger partial charge in [-0.05, 0) is 69.6 Å². The number of Topliss-reactive ketones (excluding diaryl/α,β-unsaturated/α-hetero) is 1. The molecule has 1 saturated heterocycles. The van der Waals surface area contributed by atoms with Gasteiger partial charge in [0.2, 0.25) is 0 Å². The molecule has 0 unspecified atom stereocenters. The van der Waals surface area contributed by atoms with Crippen molar-refractivity contribution in [3.63, 3.8) is 0 Å². The quantitative estimate of drug-likeness (QED) is 0.300. The molecule has 0 radical (unpaired) electrons. The van der Waals surface area contributed by atoms with Gasteiger partial charge in [-0.1, -0.05) is 5.16 Å². The Morgan fingerprint density at radius 1 is 1.06 bits per heavy atom. The summed E-state index contributed by atoms with van der Waals surface area (Å²) in [5.74, 6) is -0.230. The number of nitrogens with zero attached hydrogens (tertiary/aromatic N) is 4. The van der Waals surface area contributed by atoms with Gasteiger partial charge < -0.3 is 19.6 Å². The summed E-state index contributed by atoms with van der Waals surface area (Å²) in [5.41, 5.74) is 2.47. The molecule has 2 aliphatic heterocycles. The van der Waals surface area contributed by atoms with Crippen molar-refractivity contribution in [2.45, 2.75) is 38.6 Å². The predicted octanol–water partition coefficient (Wildman–Crippen LogP) is 3.66. The Hall–Kier alpha value is -3.00. The van der Waals surface area contributed by atoms with E-state index in [2.05, 4.69) is 10.1 Å². The lowest BCUT2D eigenvalue weighted by atomic mass is 9.89. The summed E-state index contributed by atoms with van der Waals surface area (Å²) in [4.78, 5) is 29.2. The average molecular weight is 455 g/mol. The van der Waals surface area contributed by atoms with Crippen LogP contribution in [-0.2, 0) is 6.54 Å². The number of unbranched alkanes of at least 4 members (excludes halogenated alkanes) is 1. The van der Waals surface area contributed by atoms with Crippen molar-refractivity contribution in [2.24, 2.45) is 11.1 Å². The molecule has 0 aliphatic carbocycles. The molecule has 0 bridgehead atoms. The first-order valence-electron chi connectivity index (χ1n) is 11.6. The fourth-order valence-electron chi connectivity index (χ4n) is 4.76. The number of aromatic nitrogens is 1. The van der Waals surface area contributed by atoms with Gasteiger partial charge in [0.1, 0.15) is 5.82 Å². The SMILES string of the molecule is CN1CCC(=NO)c2cn(CCCCN3CCC(C(=O)c4ccc(F)cc4)CC3)cc2C1=O. The van der Waals surface area contributed by atoms with Crippen LogP contribution in [0.4, 0.5) is 4.39 Å². The molecule has 4 rings (SSSR count). The standard InChI is InChI=1S/C25H31FN4O3/c1-28-13-10-23(27-33)21-16-30(17-22(21)25(28)32)12-3-2-11-29-14-8-19(9-15-29)24(31)18-4-6-20(26)7-5-18/h4-7,16-17,19,33H,2-3,8-15H2,1H3. The van der Waals surface area contributed by atoms with Gasteiger partial charge in [-0.2, -0.15) is 0 Å². The molecule has 7 nitrogen and oxygen atoms in total. The number of benzene rings is 1. The van der Waals surface area contributed by atoms with Crippen molar-refractivity contribution in [3.05, 3.63) is 59.2 Å². The molecule has 2 aliphatic rings. The van der Waals surface area contributed by atoms with Crippen molar-refractivity contribution in [1.29, 1.82) is 0 Å². The van der Waals surface area contributed by atoms with Crippen molar-refractivity contribution in [2.75, 3.05) is 33.2 Å². The second-order valence-electron chi connectivity index (χ2n) is 9.04. The predicted molar refractivity (Wildman–Crippen MR) is 123 cm³/mol. The van der Waals surface area contributed by atoms with Crippen LogP contribution in [0, 0.1) is 11.7 Å². The number of carbonyl (C=O) groups excluding carboxylic acids is 2. The average Bonchev–Trinajstić information content (AvgIpc) is 3.21. The topological polar surface area (TPSA) is 78.1 Å². The fraction of sp³-hybridized carbons (Fsp3) is 0.480. The van der Waals surface area contributed by atoms with Crippen LogP contribution >= 0.6 is 0 Å². The van der Waals surface area contributed by atoms with E-state index in [1.807, 2.05) is 17.0 Å². The van der Waals surface area contributed by atoms with Gasteiger partial charge in [0.15, 0.2) is 5.78 Å². The molecule has 2 aromatic rings. The molecule has 8 heteroatoms. The summed E-state index contributed by atoms with van der Waals surface area (Å²) in [7, 11) is 1.76. The van der Waals surface area contributed by atoms with Crippen molar-refractivity contribution in [3.8, 4) is 0 Å². The molecule has 1 N–H and O–H groups in total. The lowest BCUT2D eigenvalue weighted by molar-refractivity contribution is 0.0800. The number of likely N-dealkylation sites (tertiary alicyclic amines) is 1. The second-order valence-corrected chi connectivity index (χ2v) is 9.04. The highest BCUT2D eigenvalue weighted by atomic mass is 19.1. The minimum absolute atomic E-state index is 0.0139. The molecule has 1 amide bonds. The zero-order valence-corrected chi connectivity index (χ0v) is 19.0. The number of rotatable bonds is 7. The van der Waals surface area contributed by atoms with Crippen LogP contribution in [0.5, 0.6) is 0 Å². The first-order chi connectivity index (χ1) is 16.0.